The van der Waals surface area contributed by atoms with Gasteiger partial charge in [0.1, 0.15) is 0 Å². The fraction of sp³-hybridized carbons (Fsp3) is 0.727. The van der Waals surface area contributed by atoms with Crippen molar-refractivity contribution in [2.75, 3.05) is 13.2 Å². The molecule has 16 heavy (non-hydrogen) atoms. The third kappa shape index (κ3) is 4.00. The molecule has 0 spiro atoms. The van der Waals surface area contributed by atoms with Gasteiger partial charge in [-0.3, -0.25) is 9.59 Å². The predicted molar refractivity (Wildman–Crippen MR) is 59.9 cm³/mol. The summed E-state index contributed by atoms with van der Waals surface area (Å²) in [5, 5.41) is 5.37. The lowest BCUT2D eigenvalue weighted by atomic mass is 10.3. The molecule has 1 heterocycles. The van der Waals surface area contributed by atoms with Crippen LogP contribution in [0.5, 0.6) is 0 Å². The molecular weight excluding hydrogens is 208 g/mol. The van der Waals surface area contributed by atoms with Crippen molar-refractivity contribution in [3.8, 4) is 0 Å². The number of rotatable bonds is 6. The van der Waals surface area contributed by atoms with E-state index in [2.05, 4.69) is 5.10 Å². The third-order valence-corrected chi connectivity index (χ3v) is 2.28. The summed E-state index contributed by atoms with van der Waals surface area (Å²) in [7, 11) is 0. The number of carbonyl (C=O) groups excluding carboxylic acids is 2. The monoisotopic (exact) mass is 226 g/mol. The van der Waals surface area contributed by atoms with Gasteiger partial charge in [-0.2, -0.15) is 5.10 Å². The molecule has 1 amide bonds. The highest BCUT2D eigenvalue weighted by molar-refractivity contribution is 6.03. The van der Waals surface area contributed by atoms with E-state index < -0.39 is 0 Å². The van der Waals surface area contributed by atoms with Gasteiger partial charge < -0.3 is 4.74 Å². The number of carbonyl (C=O) groups is 2. The number of hydrogen-bond donors (Lipinski definition) is 0. The first-order valence-corrected chi connectivity index (χ1v) is 5.63. The van der Waals surface area contributed by atoms with Crippen molar-refractivity contribution in [2.24, 2.45) is 5.10 Å². The molecule has 5 heteroatoms. The van der Waals surface area contributed by atoms with Gasteiger partial charge in [0.05, 0.1) is 26.0 Å². The molecule has 1 aliphatic rings. The summed E-state index contributed by atoms with van der Waals surface area (Å²) in [6.07, 6.45) is 2.46. The Bertz CT molecular complexity index is 300. The van der Waals surface area contributed by atoms with Crippen molar-refractivity contribution in [3.63, 3.8) is 0 Å². The Labute approximate surface area is 95.4 Å². The van der Waals surface area contributed by atoms with Gasteiger partial charge >= 0.3 is 5.97 Å². The highest BCUT2D eigenvalue weighted by atomic mass is 16.5. The first-order valence-electron chi connectivity index (χ1n) is 5.63. The van der Waals surface area contributed by atoms with E-state index in [0.717, 1.165) is 18.6 Å². The Hall–Kier alpha value is -1.39. The molecule has 0 bridgehead atoms. The van der Waals surface area contributed by atoms with Gasteiger partial charge in [-0.05, 0) is 13.3 Å². The van der Waals surface area contributed by atoms with Crippen LogP contribution in [0.3, 0.4) is 0 Å². The van der Waals surface area contributed by atoms with E-state index in [0.29, 0.717) is 19.6 Å². The molecule has 0 unspecified atom stereocenters. The molecule has 1 aliphatic heterocycles. The highest BCUT2D eigenvalue weighted by Gasteiger charge is 2.21. The maximum atomic E-state index is 11.3. The van der Waals surface area contributed by atoms with E-state index in [4.69, 9.17) is 4.74 Å². The molecule has 0 aromatic carbocycles. The van der Waals surface area contributed by atoms with Gasteiger partial charge in [-0.1, -0.05) is 13.3 Å². The fourth-order valence-electron chi connectivity index (χ4n) is 1.38. The van der Waals surface area contributed by atoms with E-state index in [1.54, 1.807) is 6.92 Å². The van der Waals surface area contributed by atoms with Crippen molar-refractivity contribution < 1.29 is 14.3 Å². The molecule has 0 aliphatic carbocycles. The van der Waals surface area contributed by atoms with Crippen LogP contribution in [0, 0.1) is 0 Å². The number of ether oxygens (including phenoxy) is 1. The normalized spacial score (nSPS) is 15.2. The fourth-order valence-corrected chi connectivity index (χ4v) is 1.38. The zero-order valence-electron chi connectivity index (χ0n) is 9.86. The van der Waals surface area contributed by atoms with Crippen LogP contribution < -0.4 is 0 Å². The van der Waals surface area contributed by atoms with Crippen LogP contribution in [-0.4, -0.2) is 35.7 Å². The van der Waals surface area contributed by atoms with Crippen molar-refractivity contribution in [1.82, 2.24) is 5.01 Å². The molecule has 0 aromatic rings. The minimum absolute atomic E-state index is 0.0427. The third-order valence-electron chi connectivity index (χ3n) is 2.28. The summed E-state index contributed by atoms with van der Waals surface area (Å²) in [6, 6.07) is 0. The average molecular weight is 226 g/mol. The van der Waals surface area contributed by atoms with Gasteiger partial charge in [0.25, 0.3) is 0 Å². The van der Waals surface area contributed by atoms with Gasteiger partial charge in [0.2, 0.25) is 5.91 Å². The van der Waals surface area contributed by atoms with E-state index in [1.807, 2.05) is 6.92 Å². The lowest BCUT2D eigenvalue weighted by molar-refractivity contribution is -0.144. The summed E-state index contributed by atoms with van der Waals surface area (Å²) in [5.41, 5.74) is 0.796. The summed E-state index contributed by atoms with van der Waals surface area (Å²) in [4.78, 5) is 22.6. The molecule has 0 saturated carbocycles. The second-order valence-electron chi connectivity index (χ2n) is 3.85. The largest absolute Gasteiger partial charge is 0.466 e. The predicted octanol–water partition coefficient (Wildman–Crippen LogP) is 1.33. The molecule has 0 N–H and O–H groups in total. The SMILES string of the molecule is CCCCOC(=O)CCN1N=C(C)CC1=O. The Morgan fingerprint density at radius 3 is 2.88 bits per heavy atom. The van der Waals surface area contributed by atoms with Gasteiger partial charge in [0, 0.05) is 5.71 Å². The minimum Gasteiger partial charge on any atom is -0.466 e. The lowest BCUT2D eigenvalue weighted by Gasteiger charge is -2.10. The summed E-state index contributed by atoms with van der Waals surface area (Å²) in [6.45, 7) is 4.62. The van der Waals surface area contributed by atoms with Crippen LogP contribution in [0.4, 0.5) is 0 Å². The number of nitrogens with zero attached hydrogens (tertiary/aromatic N) is 2. The summed E-state index contributed by atoms with van der Waals surface area (Å²) < 4.78 is 4.98. The second-order valence-corrected chi connectivity index (χ2v) is 3.85. The van der Waals surface area contributed by atoms with Crippen LogP contribution in [0.15, 0.2) is 5.10 Å². The molecule has 0 atom stereocenters. The average Bonchev–Trinajstić information content (AvgIpc) is 2.55. The first-order chi connectivity index (χ1) is 7.63. The van der Waals surface area contributed by atoms with Crippen molar-refractivity contribution in [2.45, 2.75) is 39.5 Å². The topological polar surface area (TPSA) is 59.0 Å². The molecule has 5 nitrogen and oxygen atoms in total. The molecule has 0 radical (unpaired) electrons. The van der Waals surface area contributed by atoms with Crippen molar-refractivity contribution in [1.29, 1.82) is 0 Å². The number of amides is 1. The van der Waals surface area contributed by atoms with E-state index >= 15 is 0 Å². The molecule has 0 fully saturated rings. The lowest BCUT2D eigenvalue weighted by Crippen LogP contribution is -2.24. The zero-order chi connectivity index (χ0) is 12.0. The van der Waals surface area contributed by atoms with Crippen LogP contribution in [0.2, 0.25) is 0 Å². The van der Waals surface area contributed by atoms with Crippen molar-refractivity contribution >= 4 is 17.6 Å². The van der Waals surface area contributed by atoms with E-state index in [9.17, 15) is 9.59 Å². The minimum atomic E-state index is -0.263. The number of unbranched alkanes of at least 4 members (excludes halogenated alkanes) is 1. The first kappa shape index (κ1) is 12.7. The number of esters is 1. The Balaban J connectivity index is 2.19. The Kier molecular flexibility index (Phi) is 4.95. The maximum Gasteiger partial charge on any atom is 0.307 e. The van der Waals surface area contributed by atoms with Crippen LogP contribution in [0.1, 0.15) is 39.5 Å². The molecule has 0 saturated heterocycles. The van der Waals surface area contributed by atoms with E-state index in [1.165, 1.54) is 5.01 Å². The summed E-state index contributed by atoms with van der Waals surface area (Å²) in [5.74, 6) is -0.306. The Morgan fingerprint density at radius 1 is 1.56 bits per heavy atom. The standard InChI is InChI=1S/C11H18N2O3/c1-3-4-7-16-11(15)5-6-13-10(14)8-9(2)12-13/h3-8H2,1-2H3. The van der Waals surface area contributed by atoms with Crippen LogP contribution >= 0.6 is 0 Å². The quantitative estimate of drug-likeness (QED) is 0.507. The second kappa shape index (κ2) is 6.25. The van der Waals surface area contributed by atoms with E-state index in [-0.39, 0.29) is 18.3 Å². The molecule has 1 rings (SSSR count). The van der Waals surface area contributed by atoms with Crippen LogP contribution in [0.25, 0.3) is 0 Å². The van der Waals surface area contributed by atoms with Gasteiger partial charge in [0.15, 0.2) is 0 Å². The maximum absolute atomic E-state index is 11.3. The van der Waals surface area contributed by atoms with Crippen molar-refractivity contribution in [3.05, 3.63) is 0 Å². The van der Waals surface area contributed by atoms with Gasteiger partial charge in [-0.25, -0.2) is 5.01 Å². The highest BCUT2D eigenvalue weighted by Crippen LogP contribution is 2.08. The summed E-state index contributed by atoms with van der Waals surface area (Å²) >= 11 is 0. The molecule has 0 aromatic heterocycles. The Morgan fingerprint density at radius 2 is 2.31 bits per heavy atom. The number of hydrazone groups is 1. The van der Waals surface area contributed by atoms with Crippen LogP contribution in [-0.2, 0) is 14.3 Å². The molecular formula is C11H18N2O3. The number of hydrogen-bond acceptors (Lipinski definition) is 4. The molecule has 90 valence electrons. The smallest absolute Gasteiger partial charge is 0.307 e. The van der Waals surface area contributed by atoms with Gasteiger partial charge in [-0.15, -0.1) is 0 Å². The zero-order valence-corrected chi connectivity index (χ0v) is 9.86.